The normalized spacial score (nSPS) is 8.58. The van der Waals surface area contributed by atoms with Crippen LogP contribution >= 0.6 is 0 Å². The Bertz CT molecular complexity index is 536. The number of amides is 1. The standard InChI is InChI=1S/C8H8.C7H12O2.C6H11NO2/c1-2-8-6-4-3-5-7-8;1-3-5-6-9-7(8)4-2;1-5(2)6(8)7-4-9-3/h2-7H,1H2;4H,2-3,5-6H2,1H3;1,4H2,2-3H3,(H,7,8). The zero-order valence-electron chi connectivity index (χ0n) is 16.1. The van der Waals surface area contributed by atoms with Gasteiger partial charge in [0, 0.05) is 18.8 Å². The molecular formula is C21H31NO4. The SMILES string of the molecule is C=C(C)C(=O)NCOC.C=CC(=O)OCCCC.C=Cc1ccccc1. The van der Waals surface area contributed by atoms with Gasteiger partial charge in [-0.3, -0.25) is 4.79 Å². The number of hydrogen-bond acceptors (Lipinski definition) is 4. The fourth-order valence-electron chi connectivity index (χ4n) is 1.25. The topological polar surface area (TPSA) is 64.6 Å². The van der Waals surface area contributed by atoms with Crippen LogP contribution in [-0.2, 0) is 19.1 Å². The van der Waals surface area contributed by atoms with Crippen molar-refractivity contribution >= 4 is 18.0 Å². The van der Waals surface area contributed by atoms with Crippen LogP contribution in [0.1, 0.15) is 32.3 Å². The predicted molar refractivity (Wildman–Crippen MR) is 107 cm³/mol. The Morgan fingerprint density at radius 2 is 1.81 bits per heavy atom. The zero-order valence-corrected chi connectivity index (χ0v) is 16.1. The fraction of sp³-hybridized carbons (Fsp3) is 0.333. The number of carbonyl (C=O) groups excluding carboxylic acids is 2. The summed E-state index contributed by atoms with van der Waals surface area (Å²) in [5.74, 6) is -0.500. The highest BCUT2D eigenvalue weighted by atomic mass is 16.5. The van der Waals surface area contributed by atoms with Gasteiger partial charge in [-0.25, -0.2) is 4.79 Å². The summed E-state index contributed by atoms with van der Waals surface area (Å²) in [6.07, 6.45) is 4.99. The van der Waals surface area contributed by atoms with Crippen molar-refractivity contribution in [3.05, 3.63) is 67.3 Å². The minimum absolute atomic E-state index is 0.170. The first-order valence-electron chi connectivity index (χ1n) is 8.32. The second-order valence-corrected chi connectivity index (χ2v) is 5.06. The molecule has 0 bridgehead atoms. The number of methoxy groups -OCH3 is 1. The minimum atomic E-state index is -0.330. The first kappa shape index (κ1) is 25.6. The molecule has 1 aromatic rings. The van der Waals surface area contributed by atoms with E-state index in [1.807, 2.05) is 43.3 Å². The van der Waals surface area contributed by atoms with Gasteiger partial charge in [0.1, 0.15) is 6.73 Å². The maximum absolute atomic E-state index is 10.6. The van der Waals surface area contributed by atoms with E-state index in [1.54, 1.807) is 6.92 Å². The molecule has 5 heteroatoms. The van der Waals surface area contributed by atoms with E-state index in [9.17, 15) is 9.59 Å². The molecule has 0 aliphatic heterocycles. The third kappa shape index (κ3) is 17.7. The van der Waals surface area contributed by atoms with Crippen LogP contribution in [0.15, 0.2) is 61.7 Å². The summed E-state index contributed by atoms with van der Waals surface area (Å²) in [6, 6.07) is 10.0. The highest BCUT2D eigenvalue weighted by Gasteiger charge is 1.97. The molecule has 0 spiro atoms. The maximum atomic E-state index is 10.6. The van der Waals surface area contributed by atoms with Gasteiger partial charge in [0.2, 0.25) is 5.91 Å². The van der Waals surface area contributed by atoms with Crippen molar-refractivity contribution in [2.75, 3.05) is 20.4 Å². The molecule has 1 amide bonds. The van der Waals surface area contributed by atoms with Crippen molar-refractivity contribution in [3.8, 4) is 0 Å². The summed E-state index contributed by atoms with van der Waals surface area (Å²) >= 11 is 0. The van der Waals surface area contributed by atoms with Crippen LogP contribution in [0.2, 0.25) is 0 Å². The Morgan fingerprint density at radius 1 is 1.19 bits per heavy atom. The molecule has 0 aromatic heterocycles. The molecule has 0 unspecified atom stereocenters. The van der Waals surface area contributed by atoms with E-state index in [0.29, 0.717) is 12.2 Å². The van der Waals surface area contributed by atoms with Crippen molar-refractivity contribution in [3.63, 3.8) is 0 Å². The number of hydrogen-bond donors (Lipinski definition) is 1. The molecule has 0 saturated carbocycles. The van der Waals surface area contributed by atoms with Crippen LogP contribution in [0, 0.1) is 0 Å². The van der Waals surface area contributed by atoms with Crippen molar-refractivity contribution in [2.24, 2.45) is 0 Å². The number of nitrogens with one attached hydrogen (secondary N) is 1. The monoisotopic (exact) mass is 361 g/mol. The minimum Gasteiger partial charge on any atom is -0.463 e. The molecule has 144 valence electrons. The van der Waals surface area contributed by atoms with Crippen LogP contribution in [0.3, 0.4) is 0 Å². The van der Waals surface area contributed by atoms with Gasteiger partial charge >= 0.3 is 5.97 Å². The molecule has 1 aromatic carbocycles. The van der Waals surface area contributed by atoms with Crippen LogP contribution in [0.5, 0.6) is 0 Å². The first-order chi connectivity index (χ1) is 12.4. The largest absolute Gasteiger partial charge is 0.463 e. The number of carbonyl (C=O) groups is 2. The van der Waals surface area contributed by atoms with Crippen molar-refractivity contribution in [2.45, 2.75) is 26.7 Å². The Kier molecular flexibility index (Phi) is 18.4. The molecule has 5 nitrogen and oxygen atoms in total. The lowest BCUT2D eigenvalue weighted by Gasteiger charge is -2.00. The van der Waals surface area contributed by atoms with E-state index < -0.39 is 0 Å². The van der Waals surface area contributed by atoms with E-state index in [4.69, 9.17) is 0 Å². The lowest BCUT2D eigenvalue weighted by molar-refractivity contribution is -0.137. The molecule has 0 atom stereocenters. The highest BCUT2D eigenvalue weighted by Crippen LogP contribution is 1.97. The van der Waals surface area contributed by atoms with Crippen LogP contribution in [-0.4, -0.2) is 32.3 Å². The van der Waals surface area contributed by atoms with Crippen LogP contribution in [0.25, 0.3) is 6.08 Å². The van der Waals surface area contributed by atoms with Gasteiger partial charge in [0.25, 0.3) is 0 Å². The number of esters is 1. The average molecular weight is 361 g/mol. The molecule has 0 aliphatic rings. The summed E-state index contributed by atoms with van der Waals surface area (Å²) < 4.78 is 9.26. The molecular weight excluding hydrogens is 330 g/mol. The Hall–Kier alpha value is -2.66. The van der Waals surface area contributed by atoms with Gasteiger partial charge in [-0.2, -0.15) is 0 Å². The summed E-state index contributed by atoms with van der Waals surface area (Å²) in [4.78, 5) is 21.0. The molecule has 1 rings (SSSR count). The first-order valence-corrected chi connectivity index (χ1v) is 8.32. The van der Waals surface area contributed by atoms with E-state index in [-0.39, 0.29) is 18.6 Å². The second kappa shape index (κ2) is 18.7. The third-order valence-corrected chi connectivity index (χ3v) is 2.71. The summed E-state index contributed by atoms with van der Waals surface area (Å²) in [5, 5.41) is 2.47. The summed E-state index contributed by atoms with van der Waals surface area (Å²) in [7, 11) is 1.51. The Labute approximate surface area is 157 Å². The molecule has 0 radical (unpaired) electrons. The number of benzene rings is 1. The predicted octanol–water partition coefficient (Wildman–Crippen LogP) is 4.13. The maximum Gasteiger partial charge on any atom is 0.330 e. The van der Waals surface area contributed by atoms with Crippen molar-refractivity contribution in [1.82, 2.24) is 5.32 Å². The zero-order chi connectivity index (χ0) is 20.2. The van der Waals surface area contributed by atoms with Gasteiger partial charge in [-0.05, 0) is 18.9 Å². The van der Waals surface area contributed by atoms with Crippen LogP contribution < -0.4 is 5.32 Å². The molecule has 1 N–H and O–H groups in total. The average Bonchev–Trinajstić information content (AvgIpc) is 2.67. The number of ether oxygens (including phenoxy) is 2. The van der Waals surface area contributed by atoms with Gasteiger partial charge in [0.05, 0.1) is 6.61 Å². The lowest BCUT2D eigenvalue weighted by Crippen LogP contribution is -2.25. The number of unbranched alkanes of at least 4 members (excludes halogenated alkanes) is 1. The van der Waals surface area contributed by atoms with E-state index in [1.165, 1.54) is 18.7 Å². The summed E-state index contributed by atoms with van der Waals surface area (Å²) in [6.45, 7) is 14.8. The molecule has 0 fully saturated rings. The van der Waals surface area contributed by atoms with Gasteiger partial charge < -0.3 is 14.8 Å². The van der Waals surface area contributed by atoms with Crippen molar-refractivity contribution in [1.29, 1.82) is 0 Å². The summed E-state index contributed by atoms with van der Waals surface area (Å²) in [5.41, 5.74) is 1.67. The van der Waals surface area contributed by atoms with E-state index in [2.05, 4.69) is 34.5 Å². The highest BCUT2D eigenvalue weighted by molar-refractivity contribution is 5.91. The van der Waals surface area contributed by atoms with Crippen LogP contribution in [0.4, 0.5) is 0 Å². The molecule has 0 aliphatic carbocycles. The fourth-order valence-corrected chi connectivity index (χ4v) is 1.25. The van der Waals surface area contributed by atoms with Gasteiger partial charge in [-0.15, -0.1) is 0 Å². The Morgan fingerprint density at radius 3 is 2.19 bits per heavy atom. The Balaban J connectivity index is 0. The third-order valence-electron chi connectivity index (χ3n) is 2.71. The molecule has 26 heavy (non-hydrogen) atoms. The van der Waals surface area contributed by atoms with Gasteiger partial charge in [0.15, 0.2) is 0 Å². The van der Waals surface area contributed by atoms with E-state index >= 15 is 0 Å². The lowest BCUT2D eigenvalue weighted by atomic mass is 10.2. The molecule has 0 saturated heterocycles. The van der Waals surface area contributed by atoms with E-state index in [0.717, 1.165) is 12.8 Å². The second-order valence-electron chi connectivity index (χ2n) is 5.06. The van der Waals surface area contributed by atoms with Crippen molar-refractivity contribution < 1.29 is 19.1 Å². The molecule has 0 heterocycles. The smallest absolute Gasteiger partial charge is 0.330 e. The number of rotatable bonds is 8. The van der Waals surface area contributed by atoms with Gasteiger partial charge in [-0.1, -0.05) is 69.5 Å². The quantitative estimate of drug-likeness (QED) is 0.327.